The van der Waals surface area contributed by atoms with Crippen LogP contribution >= 0.6 is 0 Å². The lowest BCUT2D eigenvalue weighted by Crippen LogP contribution is -2.43. The summed E-state index contributed by atoms with van der Waals surface area (Å²) in [6.45, 7) is 3.56. The van der Waals surface area contributed by atoms with Crippen molar-refractivity contribution in [3.8, 4) is 0 Å². The maximum Gasteiger partial charge on any atom is 0.207 e. The molecule has 0 saturated heterocycles. The molecule has 12 heteroatoms. The van der Waals surface area contributed by atoms with Crippen molar-refractivity contribution < 1.29 is 38.1 Å². The molecule has 0 unspecified atom stereocenters. The van der Waals surface area contributed by atoms with Gasteiger partial charge in [-0.1, -0.05) is 0 Å². The second-order valence-electron chi connectivity index (χ2n) is 6.00. The fraction of sp³-hybridized carbons (Fsp3) is 0.765. The molecule has 0 atom stereocenters. The van der Waals surface area contributed by atoms with E-state index in [1.807, 2.05) is 0 Å². The van der Waals surface area contributed by atoms with Crippen molar-refractivity contribution in [1.82, 2.24) is 21.3 Å². The van der Waals surface area contributed by atoms with Crippen molar-refractivity contribution in [2.45, 2.75) is 0 Å². The van der Waals surface area contributed by atoms with Crippen molar-refractivity contribution in [2.24, 2.45) is 5.41 Å². The summed E-state index contributed by atoms with van der Waals surface area (Å²) < 4.78 is 22.6. The van der Waals surface area contributed by atoms with E-state index < -0.39 is 5.41 Å². The lowest BCUT2D eigenvalue weighted by molar-refractivity contribution is -0.113. The van der Waals surface area contributed by atoms with E-state index in [-0.39, 0.29) is 26.4 Å². The Morgan fingerprint density at radius 1 is 0.483 bits per heavy atom. The Balaban J connectivity index is 4.76. The van der Waals surface area contributed by atoms with Gasteiger partial charge < -0.3 is 40.2 Å². The van der Waals surface area contributed by atoms with Crippen LogP contribution < -0.4 is 21.3 Å². The molecule has 0 aliphatic heterocycles. The third kappa shape index (κ3) is 16.4. The first-order chi connectivity index (χ1) is 14.2. The number of amides is 4. The summed E-state index contributed by atoms with van der Waals surface area (Å²) in [5, 5.41) is 10.0. The molecule has 0 spiro atoms. The van der Waals surface area contributed by atoms with Gasteiger partial charge in [0.15, 0.2) is 0 Å². The largest absolute Gasteiger partial charge is 0.379 e. The van der Waals surface area contributed by atoms with Gasteiger partial charge in [-0.25, -0.2) is 0 Å². The second kappa shape index (κ2) is 20.5. The predicted molar refractivity (Wildman–Crippen MR) is 102 cm³/mol. The number of carbonyl (C=O) groups excluding carboxylic acids is 4. The molecule has 0 rings (SSSR count). The Morgan fingerprint density at radius 2 is 0.724 bits per heavy atom. The van der Waals surface area contributed by atoms with Crippen molar-refractivity contribution in [2.75, 3.05) is 79.0 Å². The Hall–Kier alpha value is -2.28. The summed E-state index contributed by atoms with van der Waals surface area (Å²) in [5.41, 5.74) is -0.662. The third-order valence-corrected chi connectivity index (χ3v) is 3.53. The fourth-order valence-electron chi connectivity index (χ4n) is 2.16. The summed E-state index contributed by atoms with van der Waals surface area (Å²) in [7, 11) is 0. The molecule has 0 radical (unpaired) electrons. The first-order valence-electron chi connectivity index (χ1n) is 9.24. The minimum absolute atomic E-state index is 0.233. The average molecular weight is 420 g/mol. The molecule has 0 aliphatic rings. The van der Waals surface area contributed by atoms with Crippen LogP contribution in [0.25, 0.3) is 0 Å². The Morgan fingerprint density at radius 3 is 0.931 bits per heavy atom. The molecule has 0 aromatic carbocycles. The summed E-state index contributed by atoms with van der Waals surface area (Å²) in [5.74, 6) is 0. The Kier molecular flexibility index (Phi) is 18.8. The first kappa shape index (κ1) is 26.7. The van der Waals surface area contributed by atoms with Crippen LogP contribution in [0.3, 0.4) is 0 Å². The van der Waals surface area contributed by atoms with E-state index in [0.717, 1.165) is 0 Å². The summed E-state index contributed by atoms with van der Waals surface area (Å²) in [6, 6.07) is 0. The van der Waals surface area contributed by atoms with Gasteiger partial charge in [-0.2, -0.15) is 0 Å². The highest BCUT2D eigenvalue weighted by Gasteiger charge is 2.32. The lowest BCUT2D eigenvalue weighted by atomic mass is 9.92. The van der Waals surface area contributed by atoms with Crippen LogP contribution in [0, 0.1) is 5.41 Å². The molecule has 4 N–H and O–H groups in total. The highest BCUT2D eigenvalue weighted by Crippen LogP contribution is 2.20. The molecule has 0 fully saturated rings. The Labute approximate surface area is 170 Å². The van der Waals surface area contributed by atoms with E-state index in [4.69, 9.17) is 18.9 Å². The summed E-state index contributed by atoms with van der Waals surface area (Å²) in [4.78, 5) is 41.3. The van der Waals surface area contributed by atoms with Gasteiger partial charge in [0.25, 0.3) is 0 Å². The molecule has 0 aromatic rings. The van der Waals surface area contributed by atoms with E-state index in [1.54, 1.807) is 0 Å². The molecule has 0 heterocycles. The summed E-state index contributed by atoms with van der Waals surface area (Å²) in [6.07, 6.45) is 2.36. The van der Waals surface area contributed by atoms with E-state index >= 15 is 0 Å². The molecule has 0 aliphatic carbocycles. The quantitative estimate of drug-likeness (QED) is 0.0953. The van der Waals surface area contributed by atoms with Crippen LogP contribution in [-0.4, -0.2) is 105 Å². The zero-order chi connectivity index (χ0) is 21.5. The molecule has 29 heavy (non-hydrogen) atoms. The first-order valence-corrected chi connectivity index (χ1v) is 9.24. The molecule has 0 saturated carbocycles. The maximum absolute atomic E-state index is 10.3. The predicted octanol–water partition coefficient (Wildman–Crippen LogP) is -2.98. The van der Waals surface area contributed by atoms with Crippen LogP contribution in [-0.2, 0) is 38.1 Å². The number of carbonyl (C=O) groups is 4. The average Bonchev–Trinajstić information content (AvgIpc) is 2.73. The number of nitrogens with one attached hydrogen (secondary N) is 4. The zero-order valence-electron chi connectivity index (χ0n) is 16.6. The van der Waals surface area contributed by atoms with Gasteiger partial charge in [-0.05, 0) is 0 Å². The number of ether oxygens (including phenoxy) is 4. The van der Waals surface area contributed by atoms with Crippen LogP contribution in [0.2, 0.25) is 0 Å². The zero-order valence-corrected chi connectivity index (χ0v) is 16.6. The highest BCUT2D eigenvalue weighted by atomic mass is 16.5. The smallest absolute Gasteiger partial charge is 0.207 e. The van der Waals surface area contributed by atoms with E-state index in [0.29, 0.717) is 78.2 Å². The lowest BCUT2D eigenvalue weighted by Gasteiger charge is -2.33. The second-order valence-corrected chi connectivity index (χ2v) is 6.00. The van der Waals surface area contributed by atoms with Gasteiger partial charge in [-0.15, -0.1) is 0 Å². The van der Waals surface area contributed by atoms with Crippen molar-refractivity contribution in [3.05, 3.63) is 0 Å². The van der Waals surface area contributed by atoms with Crippen molar-refractivity contribution in [3.63, 3.8) is 0 Å². The number of rotatable bonds is 24. The SMILES string of the molecule is O=CNCCOCC(COCCNC=O)(COCCNC=O)COCCNC=O. The molecular weight excluding hydrogens is 388 g/mol. The molecule has 12 nitrogen and oxygen atoms in total. The monoisotopic (exact) mass is 420 g/mol. The van der Waals surface area contributed by atoms with Crippen LogP contribution in [0.5, 0.6) is 0 Å². The number of hydrogen-bond acceptors (Lipinski definition) is 8. The maximum atomic E-state index is 10.3. The normalized spacial score (nSPS) is 10.8. The van der Waals surface area contributed by atoms with Crippen LogP contribution in [0.4, 0.5) is 0 Å². The van der Waals surface area contributed by atoms with Gasteiger partial charge in [0.05, 0.1) is 58.3 Å². The third-order valence-electron chi connectivity index (χ3n) is 3.53. The minimum atomic E-state index is -0.662. The number of hydrogen-bond donors (Lipinski definition) is 4. The van der Waals surface area contributed by atoms with Crippen molar-refractivity contribution >= 4 is 25.6 Å². The molecule has 0 bridgehead atoms. The van der Waals surface area contributed by atoms with Gasteiger partial charge in [0, 0.05) is 26.2 Å². The Bertz CT molecular complexity index is 351. The van der Waals surface area contributed by atoms with Crippen LogP contribution in [0.15, 0.2) is 0 Å². The van der Waals surface area contributed by atoms with E-state index in [9.17, 15) is 19.2 Å². The molecule has 0 aromatic heterocycles. The van der Waals surface area contributed by atoms with Gasteiger partial charge >= 0.3 is 0 Å². The molecule has 168 valence electrons. The molecular formula is C17H32N4O8. The van der Waals surface area contributed by atoms with Gasteiger partial charge in [0.2, 0.25) is 25.6 Å². The van der Waals surface area contributed by atoms with Gasteiger partial charge in [-0.3, -0.25) is 19.2 Å². The minimum Gasteiger partial charge on any atom is -0.379 e. The van der Waals surface area contributed by atoms with E-state index in [1.165, 1.54) is 0 Å². The highest BCUT2D eigenvalue weighted by molar-refractivity contribution is 5.46. The standard InChI is InChI=1S/C17H32N4O8/c22-13-18-1-5-26-9-17(10-27-6-2-19-14-23,11-28-7-3-20-15-24)12-29-8-4-21-16-25/h13-16H,1-12H2,(H,18,22)(H,19,23)(H,20,24)(H,21,25). The summed E-state index contributed by atoms with van der Waals surface area (Å²) >= 11 is 0. The van der Waals surface area contributed by atoms with E-state index in [2.05, 4.69) is 21.3 Å². The van der Waals surface area contributed by atoms with Gasteiger partial charge in [0.1, 0.15) is 0 Å². The fourth-order valence-corrected chi connectivity index (χ4v) is 2.16. The van der Waals surface area contributed by atoms with Crippen LogP contribution in [0.1, 0.15) is 0 Å². The molecule has 4 amide bonds. The topological polar surface area (TPSA) is 153 Å². The van der Waals surface area contributed by atoms with Crippen molar-refractivity contribution in [1.29, 1.82) is 0 Å².